The third-order valence-corrected chi connectivity index (χ3v) is 4.49. The van der Waals surface area contributed by atoms with Crippen molar-refractivity contribution in [2.24, 2.45) is 0 Å². The molecule has 0 unspecified atom stereocenters. The molecule has 0 saturated carbocycles. The van der Waals surface area contributed by atoms with E-state index in [1.54, 1.807) is 12.3 Å². The van der Waals surface area contributed by atoms with Gasteiger partial charge in [0, 0.05) is 18.4 Å². The Labute approximate surface area is 131 Å². The minimum Gasteiger partial charge on any atom is -0.308 e. The SMILES string of the molecule is Cc1ccc2c(c1)CCCN2C(=O)c1cnc2nsnc2c1. The zero-order chi connectivity index (χ0) is 15.1. The van der Waals surface area contributed by atoms with E-state index in [4.69, 9.17) is 0 Å². The molecule has 3 aromatic rings. The maximum Gasteiger partial charge on any atom is 0.259 e. The van der Waals surface area contributed by atoms with Gasteiger partial charge in [-0.25, -0.2) is 4.98 Å². The quantitative estimate of drug-likeness (QED) is 0.693. The van der Waals surface area contributed by atoms with Crippen molar-refractivity contribution in [1.29, 1.82) is 0 Å². The molecule has 22 heavy (non-hydrogen) atoms. The second-order valence-electron chi connectivity index (χ2n) is 5.52. The van der Waals surface area contributed by atoms with Crippen LogP contribution in [0.25, 0.3) is 11.2 Å². The standard InChI is InChI=1S/C16H14N4OS/c1-10-4-5-14-11(7-10)3-2-6-20(14)16(21)12-8-13-15(17-9-12)19-22-18-13/h4-5,7-9H,2-3,6H2,1H3. The van der Waals surface area contributed by atoms with Crippen LogP contribution in [0.2, 0.25) is 0 Å². The van der Waals surface area contributed by atoms with Crippen LogP contribution in [0.4, 0.5) is 5.69 Å². The monoisotopic (exact) mass is 310 g/mol. The zero-order valence-corrected chi connectivity index (χ0v) is 12.9. The highest BCUT2D eigenvalue weighted by Gasteiger charge is 2.24. The zero-order valence-electron chi connectivity index (χ0n) is 12.1. The number of carbonyl (C=O) groups is 1. The van der Waals surface area contributed by atoms with Gasteiger partial charge in [-0.05, 0) is 37.5 Å². The Kier molecular flexibility index (Phi) is 3.11. The lowest BCUT2D eigenvalue weighted by Gasteiger charge is -2.29. The Hall–Kier alpha value is -2.34. The Morgan fingerprint density at radius 1 is 1.27 bits per heavy atom. The largest absolute Gasteiger partial charge is 0.308 e. The fourth-order valence-electron chi connectivity index (χ4n) is 2.90. The van der Waals surface area contributed by atoms with Gasteiger partial charge in [0.1, 0.15) is 5.52 Å². The minimum atomic E-state index is -0.0211. The van der Waals surface area contributed by atoms with E-state index in [9.17, 15) is 4.79 Å². The van der Waals surface area contributed by atoms with Gasteiger partial charge in [-0.2, -0.15) is 8.75 Å². The van der Waals surface area contributed by atoms with Crippen LogP contribution in [-0.4, -0.2) is 26.2 Å². The molecule has 0 fully saturated rings. The molecule has 1 amide bonds. The van der Waals surface area contributed by atoms with Gasteiger partial charge in [0.25, 0.3) is 5.91 Å². The summed E-state index contributed by atoms with van der Waals surface area (Å²) in [5, 5.41) is 0. The third kappa shape index (κ3) is 2.16. The molecule has 1 aliphatic rings. The number of anilines is 1. The number of rotatable bonds is 1. The Bertz CT molecular complexity index is 873. The van der Waals surface area contributed by atoms with Gasteiger partial charge in [0.05, 0.1) is 17.3 Å². The van der Waals surface area contributed by atoms with Crippen LogP contribution in [-0.2, 0) is 6.42 Å². The van der Waals surface area contributed by atoms with Crippen LogP contribution in [0.5, 0.6) is 0 Å². The van der Waals surface area contributed by atoms with Gasteiger partial charge in [-0.3, -0.25) is 4.79 Å². The first-order chi connectivity index (χ1) is 10.7. The van der Waals surface area contributed by atoms with Crippen LogP contribution >= 0.6 is 11.7 Å². The van der Waals surface area contributed by atoms with Gasteiger partial charge in [0.15, 0.2) is 5.65 Å². The molecule has 0 aliphatic carbocycles. The van der Waals surface area contributed by atoms with Crippen LogP contribution < -0.4 is 4.90 Å². The molecule has 0 bridgehead atoms. The van der Waals surface area contributed by atoms with Crippen LogP contribution in [0.15, 0.2) is 30.5 Å². The first kappa shape index (κ1) is 13.3. The Morgan fingerprint density at radius 3 is 3.09 bits per heavy atom. The van der Waals surface area contributed by atoms with Crippen molar-refractivity contribution in [1.82, 2.24) is 13.7 Å². The molecule has 1 aromatic carbocycles. The van der Waals surface area contributed by atoms with Crippen LogP contribution in [0.3, 0.4) is 0 Å². The number of benzene rings is 1. The number of aromatic nitrogens is 3. The number of hydrogen-bond acceptors (Lipinski definition) is 5. The molecule has 0 N–H and O–H groups in total. The number of pyridine rings is 1. The molecule has 1 aliphatic heterocycles. The predicted molar refractivity (Wildman–Crippen MR) is 86.4 cm³/mol. The molecule has 5 nitrogen and oxygen atoms in total. The molecule has 3 heterocycles. The lowest BCUT2D eigenvalue weighted by molar-refractivity contribution is 0.0985. The molecule has 4 rings (SSSR count). The molecule has 2 aromatic heterocycles. The number of nitrogens with zero attached hydrogens (tertiary/aromatic N) is 4. The lowest BCUT2D eigenvalue weighted by Crippen LogP contribution is -2.35. The average molecular weight is 310 g/mol. The fourth-order valence-corrected chi connectivity index (χ4v) is 3.38. The molecular formula is C16H14N4OS. The summed E-state index contributed by atoms with van der Waals surface area (Å²) >= 11 is 1.11. The van der Waals surface area contributed by atoms with Crippen molar-refractivity contribution >= 4 is 34.5 Å². The van der Waals surface area contributed by atoms with E-state index >= 15 is 0 Å². The Balaban J connectivity index is 1.74. The van der Waals surface area contributed by atoms with Crippen molar-refractivity contribution in [2.75, 3.05) is 11.4 Å². The van der Waals surface area contributed by atoms with E-state index in [0.29, 0.717) is 16.7 Å². The highest BCUT2D eigenvalue weighted by atomic mass is 32.1. The second kappa shape index (κ2) is 5.14. The lowest BCUT2D eigenvalue weighted by atomic mass is 9.99. The van der Waals surface area contributed by atoms with Crippen molar-refractivity contribution in [2.45, 2.75) is 19.8 Å². The molecule has 0 saturated heterocycles. The number of amides is 1. The molecule has 6 heteroatoms. The smallest absolute Gasteiger partial charge is 0.259 e. The molecule has 0 radical (unpaired) electrons. The Morgan fingerprint density at radius 2 is 2.18 bits per heavy atom. The maximum absolute atomic E-state index is 12.9. The van der Waals surface area contributed by atoms with Gasteiger partial charge >= 0.3 is 0 Å². The van der Waals surface area contributed by atoms with Gasteiger partial charge in [-0.1, -0.05) is 17.7 Å². The van der Waals surface area contributed by atoms with Gasteiger partial charge in [0.2, 0.25) is 0 Å². The number of hydrogen-bond donors (Lipinski definition) is 0. The first-order valence-electron chi connectivity index (χ1n) is 7.22. The van der Waals surface area contributed by atoms with E-state index in [-0.39, 0.29) is 5.91 Å². The van der Waals surface area contributed by atoms with E-state index < -0.39 is 0 Å². The predicted octanol–water partition coefficient (Wildman–Crippen LogP) is 2.99. The first-order valence-corrected chi connectivity index (χ1v) is 7.95. The number of fused-ring (bicyclic) bond motifs is 2. The van der Waals surface area contributed by atoms with Crippen molar-refractivity contribution in [3.8, 4) is 0 Å². The normalized spacial score (nSPS) is 14.1. The van der Waals surface area contributed by atoms with E-state index in [1.165, 1.54) is 11.1 Å². The highest BCUT2D eigenvalue weighted by Crippen LogP contribution is 2.29. The molecule has 0 atom stereocenters. The van der Waals surface area contributed by atoms with Crippen molar-refractivity contribution in [3.63, 3.8) is 0 Å². The highest BCUT2D eigenvalue weighted by molar-refractivity contribution is 7.00. The van der Waals surface area contributed by atoms with Crippen LogP contribution in [0, 0.1) is 6.92 Å². The number of aryl methyl sites for hydroxylation is 2. The summed E-state index contributed by atoms with van der Waals surface area (Å²) in [6.45, 7) is 2.82. The van der Waals surface area contributed by atoms with Gasteiger partial charge < -0.3 is 4.90 Å². The average Bonchev–Trinajstić information content (AvgIpc) is 3.00. The summed E-state index contributed by atoms with van der Waals surface area (Å²) < 4.78 is 8.23. The summed E-state index contributed by atoms with van der Waals surface area (Å²) in [6.07, 6.45) is 3.60. The third-order valence-electron chi connectivity index (χ3n) is 3.96. The summed E-state index contributed by atoms with van der Waals surface area (Å²) in [6, 6.07) is 8.03. The summed E-state index contributed by atoms with van der Waals surface area (Å²) in [5.41, 5.74) is 5.31. The van der Waals surface area contributed by atoms with Crippen molar-refractivity contribution in [3.05, 3.63) is 47.2 Å². The fraction of sp³-hybridized carbons (Fsp3) is 0.250. The van der Waals surface area contributed by atoms with E-state index in [0.717, 1.165) is 36.8 Å². The summed E-state index contributed by atoms with van der Waals surface area (Å²) in [5.74, 6) is -0.0211. The van der Waals surface area contributed by atoms with Crippen LogP contribution in [0.1, 0.15) is 27.9 Å². The van der Waals surface area contributed by atoms with E-state index in [1.807, 2.05) is 11.0 Å². The summed E-state index contributed by atoms with van der Waals surface area (Å²) in [4.78, 5) is 18.9. The van der Waals surface area contributed by atoms with E-state index in [2.05, 4.69) is 32.8 Å². The molecule has 110 valence electrons. The second-order valence-corrected chi connectivity index (χ2v) is 6.05. The molecule has 0 spiro atoms. The summed E-state index contributed by atoms with van der Waals surface area (Å²) in [7, 11) is 0. The topological polar surface area (TPSA) is 59.0 Å². The van der Waals surface area contributed by atoms with Crippen molar-refractivity contribution < 1.29 is 4.79 Å². The molecular weight excluding hydrogens is 296 g/mol. The number of carbonyl (C=O) groups excluding carboxylic acids is 1. The van der Waals surface area contributed by atoms with Gasteiger partial charge in [-0.15, -0.1) is 0 Å². The maximum atomic E-state index is 12.9. The minimum absolute atomic E-state index is 0.0211.